The molecule has 1 amide bonds. The van der Waals surface area contributed by atoms with Crippen molar-refractivity contribution in [2.45, 2.75) is 25.7 Å². The van der Waals surface area contributed by atoms with E-state index in [4.69, 9.17) is 14.6 Å². The first-order valence-corrected chi connectivity index (χ1v) is 7.78. The highest BCUT2D eigenvalue weighted by molar-refractivity contribution is 5.85. The maximum atomic E-state index is 11.7. The molecule has 2 heterocycles. The van der Waals surface area contributed by atoms with Crippen molar-refractivity contribution in [3.63, 3.8) is 0 Å². The number of rotatable bonds is 3. The van der Waals surface area contributed by atoms with Gasteiger partial charge in [-0.1, -0.05) is 18.2 Å². The maximum Gasteiger partial charge on any atom is 0.412 e. The number of nitrogens with one attached hydrogen (secondary N) is 1. The lowest BCUT2D eigenvalue weighted by atomic mass is 9.94. The molecule has 0 spiro atoms. The smallest absolute Gasteiger partial charge is 0.412 e. The van der Waals surface area contributed by atoms with Crippen LogP contribution in [0, 0.1) is 6.92 Å². The van der Waals surface area contributed by atoms with Crippen LogP contribution in [0.3, 0.4) is 0 Å². The van der Waals surface area contributed by atoms with E-state index in [9.17, 15) is 4.79 Å². The Hall–Kier alpha value is -2.34. The number of hydrogen-bond donors (Lipinski definition) is 1. The second-order valence-electron chi connectivity index (χ2n) is 5.61. The molecule has 6 nitrogen and oxygen atoms in total. The van der Waals surface area contributed by atoms with Crippen LogP contribution in [0.5, 0.6) is 0 Å². The van der Waals surface area contributed by atoms with Gasteiger partial charge in [-0.3, -0.25) is 5.32 Å². The molecule has 0 atom stereocenters. The first-order valence-electron chi connectivity index (χ1n) is 7.78. The molecule has 1 saturated heterocycles. The van der Waals surface area contributed by atoms with Gasteiger partial charge in [0.2, 0.25) is 0 Å². The quantitative estimate of drug-likeness (QED) is 0.944. The van der Waals surface area contributed by atoms with Crippen LogP contribution >= 0.6 is 0 Å². The molecule has 3 rings (SSSR count). The summed E-state index contributed by atoms with van der Waals surface area (Å²) >= 11 is 0. The molecule has 122 valence electrons. The third-order valence-electron chi connectivity index (χ3n) is 4.17. The summed E-state index contributed by atoms with van der Waals surface area (Å²) in [7, 11) is 1.35. The molecule has 1 N–H and O–H groups in total. The number of carbonyl (C=O) groups excluding carboxylic acids is 1. The van der Waals surface area contributed by atoms with E-state index < -0.39 is 6.09 Å². The SMILES string of the molecule is COC(=O)Nc1c(C)c(C2CCOCC2)nn1-c1ccccc1. The highest BCUT2D eigenvalue weighted by Gasteiger charge is 2.25. The fraction of sp³-hybridized carbons (Fsp3) is 0.412. The number of hydrogen-bond acceptors (Lipinski definition) is 4. The van der Waals surface area contributed by atoms with Crippen LogP contribution in [-0.4, -0.2) is 36.2 Å². The van der Waals surface area contributed by atoms with Crippen LogP contribution < -0.4 is 5.32 Å². The van der Waals surface area contributed by atoms with Gasteiger partial charge in [-0.15, -0.1) is 0 Å². The topological polar surface area (TPSA) is 65.4 Å². The number of carbonyl (C=O) groups is 1. The number of amides is 1. The Labute approximate surface area is 135 Å². The minimum absolute atomic E-state index is 0.354. The number of methoxy groups -OCH3 is 1. The lowest BCUT2D eigenvalue weighted by Crippen LogP contribution is -2.15. The van der Waals surface area contributed by atoms with Crippen molar-refractivity contribution < 1.29 is 14.3 Å². The summed E-state index contributed by atoms with van der Waals surface area (Å²) in [5.74, 6) is 1.01. The molecular weight excluding hydrogens is 294 g/mol. The molecule has 1 fully saturated rings. The number of ether oxygens (including phenoxy) is 2. The van der Waals surface area contributed by atoms with Gasteiger partial charge in [-0.2, -0.15) is 5.10 Å². The maximum absolute atomic E-state index is 11.7. The second-order valence-corrected chi connectivity index (χ2v) is 5.61. The molecule has 1 aliphatic heterocycles. The van der Waals surface area contributed by atoms with E-state index in [0.29, 0.717) is 11.7 Å². The number of aromatic nitrogens is 2. The van der Waals surface area contributed by atoms with Crippen molar-refractivity contribution >= 4 is 11.9 Å². The number of para-hydroxylation sites is 1. The molecule has 0 bridgehead atoms. The molecule has 6 heteroatoms. The molecule has 1 aromatic carbocycles. The predicted octanol–water partition coefficient (Wildman–Crippen LogP) is 3.25. The molecule has 1 aromatic heterocycles. The van der Waals surface area contributed by atoms with E-state index in [2.05, 4.69) is 5.32 Å². The lowest BCUT2D eigenvalue weighted by Gasteiger charge is -2.20. The van der Waals surface area contributed by atoms with Crippen LogP contribution in [-0.2, 0) is 9.47 Å². The zero-order valence-electron chi connectivity index (χ0n) is 13.4. The molecule has 23 heavy (non-hydrogen) atoms. The molecular formula is C17H21N3O3. The second kappa shape index (κ2) is 6.83. The molecule has 1 aliphatic rings. The number of benzene rings is 1. The summed E-state index contributed by atoms with van der Waals surface area (Å²) in [6.45, 7) is 3.49. The summed E-state index contributed by atoms with van der Waals surface area (Å²) in [4.78, 5) is 11.7. The van der Waals surface area contributed by atoms with Gasteiger partial charge in [0.05, 0.1) is 18.5 Å². The first-order chi connectivity index (χ1) is 11.2. The third kappa shape index (κ3) is 3.22. The van der Waals surface area contributed by atoms with Gasteiger partial charge in [-0.25, -0.2) is 9.48 Å². The van der Waals surface area contributed by atoms with E-state index in [1.807, 2.05) is 37.3 Å². The van der Waals surface area contributed by atoms with Crippen molar-refractivity contribution in [1.82, 2.24) is 9.78 Å². The van der Waals surface area contributed by atoms with Crippen LogP contribution in [0.25, 0.3) is 5.69 Å². The summed E-state index contributed by atoms with van der Waals surface area (Å²) in [6, 6.07) is 9.77. The van der Waals surface area contributed by atoms with Crippen LogP contribution in [0.4, 0.5) is 10.6 Å². The van der Waals surface area contributed by atoms with Crippen LogP contribution in [0.1, 0.15) is 30.0 Å². The van der Waals surface area contributed by atoms with Crippen molar-refractivity contribution in [1.29, 1.82) is 0 Å². The van der Waals surface area contributed by atoms with Gasteiger partial charge < -0.3 is 9.47 Å². The highest BCUT2D eigenvalue weighted by atomic mass is 16.5. The zero-order chi connectivity index (χ0) is 16.2. The first kappa shape index (κ1) is 15.6. The molecule has 0 unspecified atom stereocenters. The monoisotopic (exact) mass is 315 g/mol. The Morgan fingerprint density at radius 2 is 2.00 bits per heavy atom. The van der Waals surface area contributed by atoms with Gasteiger partial charge in [-0.05, 0) is 31.9 Å². The van der Waals surface area contributed by atoms with E-state index in [1.54, 1.807) is 4.68 Å². The minimum Gasteiger partial charge on any atom is -0.453 e. The van der Waals surface area contributed by atoms with Gasteiger partial charge in [0.15, 0.2) is 0 Å². The van der Waals surface area contributed by atoms with Crippen LogP contribution in [0.15, 0.2) is 30.3 Å². The van der Waals surface area contributed by atoms with Crippen molar-refractivity contribution in [3.8, 4) is 5.69 Å². The average molecular weight is 315 g/mol. The normalized spacial score (nSPS) is 15.4. The Bertz CT molecular complexity index is 676. The van der Waals surface area contributed by atoms with E-state index in [1.165, 1.54) is 7.11 Å². The van der Waals surface area contributed by atoms with Crippen molar-refractivity contribution in [3.05, 3.63) is 41.6 Å². The van der Waals surface area contributed by atoms with E-state index in [-0.39, 0.29) is 0 Å². The molecule has 0 radical (unpaired) electrons. The summed E-state index contributed by atoms with van der Waals surface area (Å²) < 4.78 is 12.0. The van der Waals surface area contributed by atoms with Gasteiger partial charge >= 0.3 is 6.09 Å². The Morgan fingerprint density at radius 3 is 2.65 bits per heavy atom. The average Bonchev–Trinajstić information content (AvgIpc) is 2.93. The van der Waals surface area contributed by atoms with Gasteiger partial charge in [0.1, 0.15) is 5.82 Å². The molecule has 0 saturated carbocycles. The zero-order valence-corrected chi connectivity index (χ0v) is 13.4. The fourth-order valence-corrected chi connectivity index (χ4v) is 2.92. The van der Waals surface area contributed by atoms with Gasteiger partial charge in [0.25, 0.3) is 0 Å². The largest absolute Gasteiger partial charge is 0.453 e. The number of anilines is 1. The van der Waals surface area contributed by atoms with Crippen molar-refractivity contribution in [2.75, 3.05) is 25.6 Å². The predicted molar refractivity (Wildman–Crippen MR) is 87.1 cm³/mol. The van der Waals surface area contributed by atoms with Crippen molar-refractivity contribution in [2.24, 2.45) is 0 Å². The Balaban J connectivity index is 2.03. The van der Waals surface area contributed by atoms with E-state index >= 15 is 0 Å². The standard InChI is InChI=1S/C17H21N3O3/c1-12-15(13-8-10-23-11-9-13)19-20(14-6-4-3-5-7-14)16(12)18-17(21)22-2/h3-7,13H,8-11H2,1-2H3,(H,18,21). The Morgan fingerprint density at radius 1 is 1.30 bits per heavy atom. The Kier molecular flexibility index (Phi) is 4.62. The van der Waals surface area contributed by atoms with Gasteiger partial charge in [0, 0.05) is 24.7 Å². The summed E-state index contributed by atoms with van der Waals surface area (Å²) in [5.41, 5.74) is 2.90. The lowest BCUT2D eigenvalue weighted by molar-refractivity contribution is 0.0843. The van der Waals surface area contributed by atoms with Crippen LogP contribution in [0.2, 0.25) is 0 Å². The number of nitrogens with zero attached hydrogens (tertiary/aromatic N) is 2. The summed E-state index contributed by atoms with van der Waals surface area (Å²) in [6.07, 6.45) is 1.40. The molecule has 0 aliphatic carbocycles. The van der Waals surface area contributed by atoms with E-state index in [0.717, 1.165) is 43.0 Å². The third-order valence-corrected chi connectivity index (χ3v) is 4.17. The molecule has 2 aromatic rings. The minimum atomic E-state index is -0.497. The summed E-state index contributed by atoms with van der Waals surface area (Å²) in [5, 5.41) is 7.58. The highest BCUT2D eigenvalue weighted by Crippen LogP contribution is 2.33. The fourth-order valence-electron chi connectivity index (χ4n) is 2.92.